The molecule has 3 aliphatic carbocycles. The van der Waals surface area contributed by atoms with Crippen molar-refractivity contribution in [2.75, 3.05) is 6.61 Å². The summed E-state index contributed by atoms with van der Waals surface area (Å²) in [6.45, 7) is 2.52. The van der Waals surface area contributed by atoms with Gasteiger partial charge in [-0.05, 0) is 74.7 Å². The number of hydrogen-bond acceptors (Lipinski definition) is 8. The standard InChI is InChI=1S/C28H24N8O2/c1-2-38-19-5-6-22(31-14-19)24-34-35-26(36(24)18-9-12-29-13-10-18)27-15-28(16-27,17-27)33-25(37)23-8-7-20-21(32-23)4-3-11-30-20/h3-14H,2,15-17H2,1H3,(H,33,37). The number of carbonyl (C=O) groups excluding carboxylic acids is 1. The maximum Gasteiger partial charge on any atom is 0.270 e. The molecule has 5 heterocycles. The van der Waals surface area contributed by atoms with Crippen molar-refractivity contribution in [3.63, 3.8) is 0 Å². The van der Waals surface area contributed by atoms with Gasteiger partial charge in [-0.15, -0.1) is 10.2 Å². The lowest BCUT2D eigenvalue weighted by atomic mass is 9.39. The molecule has 2 bridgehead atoms. The van der Waals surface area contributed by atoms with E-state index in [9.17, 15) is 4.79 Å². The van der Waals surface area contributed by atoms with E-state index in [0.717, 1.165) is 36.3 Å². The highest BCUT2D eigenvalue weighted by atomic mass is 16.5. The maximum atomic E-state index is 13.1. The average Bonchev–Trinajstić information content (AvgIpc) is 3.35. The van der Waals surface area contributed by atoms with Gasteiger partial charge in [-0.3, -0.25) is 19.3 Å². The first-order valence-corrected chi connectivity index (χ1v) is 12.6. The molecule has 0 aromatic carbocycles. The average molecular weight is 505 g/mol. The highest BCUT2D eigenvalue weighted by molar-refractivity contribution is 5.95. The first-order chi connectivity index (χ1) is 18.6. The van der Waals surface area contributed by atoms with Crippen molar-refractivity contribution in [2.45, 2.75) is 37.1 Å². The topological polar surface area (TPSA) is 121 Å². The molecule has 10 heteroatoms. The molecule has 3 aliphatic rings. The molecule has 38 heavy (non-hydrogen) atoms. The Hall–Kier alpha value is -4.73. The van der Waals surface area contributed by atoms with E-state index in [1.165, 1.54) is 0 Å². The lowest BCUT2D eigenvalue weighted by molar-refractivity contribution is -0.0873. The number of carbonyl (C=O) groups is 1. The molecule has 5 aromatic heterocycles. The fourth-order valence-corrected chi connectivity index (χ4v) is 5.84. The Labute approximate surface area is 218 Å². The summed E-state index contributed by atoms with van der Waals surface area (Å²) in [4.78, 5) is 30.6. The molecule has 5 aromatic rings. The third-order valence-corrected chi connectivity index (χ3v) is 7.43. The van der Waals surface area contributed by atoms with E-state index in [2.05, 4.69) is 40.0 Å². The van der Waals surface area contributed by atoms with Gasteiger partial charge >= 0.3 is 0 Å². The van der Waals surface area contributed by atoms with Crippen LogP contribution in [0.4, 0.5) is 0 Å². The van der Waals surface area contributed by atoms with Crippen LogP contribution in [0.5, 0.6) is 5.75 Å². The van der Waals surface area contributed by atoms with Crippen LogP contribution in [-0.4, -0.2) is 52.8 Å². The van der Waals surface area contributed by atoms with E-state index in [1.807, 2.05) is 49.4 Å². The summed E-state index contributed by atoms with van der Waals surface area (Å²) in [7, 11) is 0. The van der Waals surface area contributed by atoms with Crippen LogP contribution in [0.3, 0.4) is 0 Å². The lowest BCUT2D eigenvalue weighted by Crippen LogP contribution is -2.77. The van der Waals surface area contributed by atoms with E-state index in [1.54, 1.807) is 30.9 Å². The Morgan fingerprint density at radius 2 is 1.82 bits per heavy atom. The van der Waals surface area contributed by atoms with E-state index >= 15 is 0 Å². The van der Waals surface area contributed by atoms with Crippen LogP contribution >= 0.6 is 0 Å². The van der Waals surface area contributed by atoms with Crippen LogP contribution in [0.1, 0.15) is 42.5 Å². The number of amides is 1. The molecule has 3 fully saturated rings. The highest BCUT2D eigenvalue weighted by Crippen LogP contribution is 2.67. The molecule has 0 unspecified atom stereocenters. The van der Waals surface area contributed by atoms with Gasteiger partial charge in [0.25, 0.3) is 5.91 Å². The number of ether oxygens (including phenoxy) is 1. The molecule has 188 valence electrons. The maximum absolute atomic E-state index is 13.1. The smallest absolute Gasteiger partial charge is 0.270 e. The second kappa shape index (κ2) is 8.41. The summed E-state index contributed by atoms with van der Waals surface area (Å²) in [5.41, 5.74) is 3.08. The van der Waals surface area contributed by atoms with Crippen LogP contribution in [0.15, 0.2) is 73.3 Å². The molecular formula is C28H24N8O2. The zero-order chi connectivity index (χ0) is 25.7. The van der Waals surface area contributed by atoms with Crippen LogP contribution in [0.25, 0.3) is 28.2 Å². The molecule has 0 spiro atoms. The summed E-state index contributed by atoms with van der Waals surface area (Å²) in [5, 5.41) is 12.4. The summed E-state index contributed by atoms with van der Waals surface area (Å²) in [6, 6.07) is 14.9. The molecule has 1 N–H and O–H groups in total. The Morgan fingerprint density at radius 3 is 2.58 bits per heavy atom. The van der Waals surface area contributed by atoms with Crippen molar-refractivity contribution in [1.29, 1.82) is 0 Å². The molecule has 0 atom stereocenters. The summed E-state index contributed by atoms with van der Waals surface area (Å²) < 4.78 is 7.61. The second-order valence-electron chi connectivity index (χ2n) is 9.98. The predicted molar refractivity (Wildman–Crippen MR) is 139 cm³/mol. The van der Waals surface area contributed by atoms with Crippen molar-refractivity contribution in [3.05, 3.63) is 84.8 Å². The largest absolute Gasteiger partial charge is 0.492 e. The number of nitrogens with zero attached hydrogens (tertiary/aromatic N) is 7. The van der Waals surface area contributed by atoms with Gasteiger partial charge in [0, 0.05) is 29.5 Å². The Morgan fingerprint density at radius 1 is 0.974 bits per heavy atom. The van der Waals surface area contributed by atoms with E-state index in [4.69, 9.17) is 4.74 Å². The number of aromatic nitrogens is 7. The van der Waals surface area contributed by atoms with Gasteiger partial charge in [0.15, 0.2) is 5.82 Å². The Kier molecular flexibility index (Phi) is 4.97. The third-order valence-electron chi connectivity index (χ3n) is 7.43. The van der Waals surface area contributed by atoms with Crippen molar-refractivity contribution < 1.29 is 9.53 Å². The third kappa shape index (κ3) is 3.52. The Balaban J connectivity index is 1.15. The van der Waals surface area contributed by atoms with Crippen molar-refractivity contribution in [1.82, 2.24) is 40.0 Å². The van der Waals surface area contributed by atoms with Gasteiger partial charge < -0.3 is 10.1 Å². The van der Waals surface area contributed by atoms with Gasteiger partial charge in [0.1, 0.15) is 23.0 Å². The number of rotatable bonds is 7. The van der Waals surface area contributed by atoms with Crippen molar-refractivity contribution in [3.8, 4) is 23.0 Å². The minimum Gasteiger partial charge on any atom is -0.492 e. The SMILES string of the molecule is CCOc1ccc(-c2nnc(C34CC(NC(=O)c5ccc6ncccc6n5)(C3)C4)n2-c2ccncc2)nc1. The summed E-state index contributed by atoms with van der Waals surface area (Å²) >= 11 is 0. The first-order valence-electron chi connectivity index (χ1n) is 12.6. The van der Waals surface area contributed by atoms with Crippen LogP contribution < -0.4 is 10.1 Å². The Bertz CT molecular complexity index is 1650. The summed E-state index contributed by atoms with van der Waals surface area (Å²) in [6.07, 6.45) is 9.30. The normalized spacial score (nSPS) is 21.4. The molecule has 0 aliphatic heterocycles. The predicted octanol–water partition coefficient (Wildman–Crippen LogP) is 3.67. The number of pyridine rings is 4. The fourth-order valence-electron chi connectivity index (χ4n) is 5.84. The highest BCUT2D eigenvalue weighted by Gasteiger charge is 2.71. The first kappa shape index (κ1) is 22.5. The van der Waals surface area contributed by atoms with Crippen LogP contribution in [0.2, 0.25) is 0 Å². The van der Waals surface area contributed by atoms with Gasteiger partial charge in [0.05, 0.1) is 29.5 Å². The number of fused-ring (bicyclic) bond motifs is 1. The van der Waals surface area contributed by atoms with Gasteiger partial charge in [-0.25, -0.2) is 9.97 Å². The van der Waals surface area contributed by atoms with Crippen LogP contribution in [-0.2, 0) is 5.41 Å². The monoisotopic (exact) mass is 504 g/mol. The van der Waals surface area contributed by atoms with Gasteiger partial charge in [-0.2, -0.15) is 0 Å². The minimum absolute atomic E-state index is 0.159. The molecule has 1 amide bonds. The van der Waals surface area contributed by atoms with Gasteiger partial charge in [0.2, 0.25) is 0 Å². The van der Waals surface area contributed by atoms with E-state index in [-0.39, 0.29) is 16.9 Å². The zero-order valence-electron chi connectivity index (χ0n) is 20.7. The quantitative estimate of drug-likeness (QED) is 0.356. The molecule has 0 saturated heterocycles. The molecule has 3 saturated carbocycles. The van der Waals surface area contributed by atoms with Crippen LogP contribution in [0, 0.1) is 0 Å². The minimum atomic E-state index is -0.255. The lowest BCUT2D eigenvalue weighted by Gasteiger charge is -2.69. The van der Waals surface area contributed by atoms with Crippen molar-refractivity contribution in [2.24, 2.45) is 0 Å². The van der Waals surface area contributed by atoms with Gasteiger partial charge in [-0.1, -0.05) is 0 Å². The zero-order valence-corrected chi connectivity index (χ0v) is 20.7. The molecule has 8 rings (SSSR count). The number of nitrogens with one attached hydrogen (secondary N) is 1. The van der Waals surface area contributed by atoms with E-state index < -0.39 is 0 Å². The molecule has 0 radical (unpaired) electrons. The fraction of sp³-hybridized carbons (Fsp3) is 0.250. The molecular weight excluding hydrogens is 480 g/mol. The molecule has 10 nitrogen and oxygen atoms in total. The summed E-state index contributed by atoms with van der Waals surface area (Å²) in [5.74, 6) is 2.08. The number of hydrogen-bond donors (Lipinski definition) is 1. The van der Waals surface area contributed by atoms with E-state index in [0.29, 0.717) is 35.1 Å². The van der Waals surface area contributed by atoms with Crippen molar-refractivity contribution >= 4 is 16.9 Å². The second-order valence-corrected chi connectivity index (χ2v) is 9.98.